The number of amides is 1. The fourth-order valence-corrected chi connectivity index (χ4v) is 5.07. The highest BCUT2D eigenvalue weighted by Crippen LogP contribution is 2.21. The van der Waals surface area contributed by atoms with Gasteiger partial charge in [0.25, 0.3) is 5.91 Å². The van der Waals surface area contributed by atoms with E-state index in [4.69, 9.17) is 4.74 Å². The molecule has 1 aliphatic rings. The minimum absolute atomic E-state index is 0.175. The molecule has 1 fully saturated rings. The van der Waals surface area contributed by atoms with Gasteiger partial charge in [-0.3, -0.25) is 4.79 Å². The Hall–Kier alpha value is -2.22. The molecular weight excluding hydrogens is 388 g/mol. The largest absolute Gasteiger partial charge is 0.380 e. The van der Waals surface area contributed by atoms with E-state index in [0.29, 0.717) is 31.8 Å². The highest BCUT2D eigenvalue weighted by molar-refractivity contribution is 7.89. The van der Waals surface area contributed by atoms with E-state index in [2.05, 4.69) is 5.32 Å². The second-order valence-electron chi connectivity index (χ2n) is 7.28. The van der Waals surface area contributed by atoms with Crippen molar-refractivity contribution < 1.29 is 17.9 Å². The maximum Gasteiger partial charge on any atom is 0.251 e. The Morgan fingerprint density at radius 2 is 1.69 bits per heavy atom. The second-order valence-corrected chi connectivity index (χ2v) is 9.22. The topological polar surface area (TPSA) is 75.7 Å². The number of hydrogen-bond acceptors (Lipinski definition) is 4. The van der Waals surface area contributed by atoms with Gasteiger partial charge in [-0.15, -0.1) is 0 Å². The van der Waals surface area contributed by atoms with Crippen molar-refractivity contribution >= 4 is 15.9 Å². The van der Waals surface area contributed by atoms with E-state index >= 15 is 0 Å². The molecule has 0 bridgehead atoms. The molecule has 7 heteroatoms. The summed E-state index contributed by atoms with van der Waals surface area (Å²) in [6, 6.07) is 14.1. The number of ether oxygens (including phenoxy) is 1. The van der Waals surface area contributed by atoms with Gasteiger partial charge in [-0.05, 0) is 42.2 Å². The highest BCUT2D eigenvalue weighted by atomic mass is 32.2. The molecule has 156 valence electrons. The van der Waals surface area contributed by atoms with Crippen molar-refractivity contribution in [3.63, 3.8) is 0 Å². The van der Waals surface area contributed by atoms with Crippen molar-refractivity contribution in [3.05, 3.63) is 65.2 Å². The molecule has 2 aromatic carbocycles. The molecule has 2 aromatic rings. The third kappa shape index (κ3) is 5.65. The maximum absolute atomic E-state index is 13.0. The zero-order valence-electron chi connectivity index (χ0n) is 16.8. The summed E-state index contributed by atoms with van der Waals surface area (Å²) in [6.07, 6.45) is 3.86. The molecule has 6 nitrogen and oxygen atoms in total. The molecule has 1 saturated heterocycles. The predicted octanol–water partition coefficient (Wildman–Crippen LogP) is 3.33. The van der Waals surface area contributed by atoms with Crippen LogP contribution in [0.15, 0.2) is 53.4 Å². The number of nitrogens with one attached hydrogen (secondary N) is 1. The minimum atomic E-state index is -3.58. The van der Waals surface area contributed by atoms with Crippen LogP contribution in [0.3, 0.4) is 0 Å². The number of sulfonamides is 1. The van der Waals surface area contributed by atoms with Gasteiger partial charge in [0.2, 0.25) is 10.0 Å². The summed E-state index contributed by atoms with van der Waals surface area (Å²) in [5, 5.41) is 2.86. The van der Waals surface area contributed by atoms with Crippen LogP contribution in [0.1, 0.15) is 47.2 Å². The van der Waals surface area contributed by atoms with Crippen LogP contribution in [0.25, 0.3) is 0 Å². The SMILES string of the molecule is COCc1cccc(CNC(=O)c2cccc(S(=O)(=O)N3CCCCCC3)c2)c1. The number of benzene rings is 2. The van der Waals surface area contributed by atoms with E-state index in [1.165, 1.54) is 10.4 Å². The van der Waals surface area contributed by atoms with Crippen molar-refractivity contribution in [3.8, 4) is 0 Å². The van der Waals surface area contributed by atoms with Crippen LogP contribution >= 0.6 is 0 Å². The summed E-state index contributed by atoms with van der Waals surface area (Å²) in [5.41, 5.74) is 2.33. The molecule has 1 aliphatic heterocycles. The number of rotatable bonds is 7. The second kappa shape index (κ2) is 10.0. The van der Waals surface area contributed by atoms with Gasteiger partial charge >= 0.3 is 0 Å². The average Bonchev–Trinajstić information content (AvgIpc) is 3.03. The van der Waals surface area contributed by atoms with Gasteiger partial charge in [0.15, 0.2) is 0 Å². The van der Waals surface area contributed by atoms with E-state index < -0.39 is 10.0 Å². The quantitative estimate of drug-likeness (QED) is 0.751. The Labute approximate surface area is 172 Å². The van der Waals surface area contributed by atoms with Gasteiger partial charge in [-0.25, -0.2) is 8.42 Å². The number of methoxy groups -OCH3 is 1. The van der Waals surface area contributed by atoms with Crippen molar-refractivity contribution in [1.29, 1.82) is 0 Å². The summed E-state index contributed by atoms with van der Waals surface area (Å²) in [6.45, 7) is 1.95. The van der Waals surface area contributed by atoms with Crippen LogP contribution in [-0.4, -0.2) is 38.8 Å². The third-order valence-electron chi connectivity index (χ3n) is 5.05. The van der Waals surface area contributed by atoms with Crippen LogP contribution in [0.4, 0.5) is 0 Å². The third-order valence-corrected chi connectivity index (χ3v) is 6.95. The van der Waals surface area contributed by atoms with E-state index in [1.54, 1.807) is 25.3 Å². The lowest BCUT2D eigenvalue weighted by Gasteiger charge is -2.20. The summed E-state index contributed by atoms with van der Waals surface area (Å²) >= 11 is 0. The molecule has 1 amide bonds. The summed E-state index contributed by atoms with van der Waals surface area (Å²) < 4.78 is 32.6. The Morgan fingerprint density at radius 1 is 1.00 bits per heavy atom. The smallest absolute Gasteiger partial charge is 0.251 e. The summed E-state index contributed by atoms with van der Waals surface area (Å²) in [4.78, 5) is 12.8. The van der Waals surface area contributed by atoms with Gasteiger partial charge in [0.05, 0.1) is 11.5 Å². The van der Waals surface area contributed by atoms with Gasteiger partial charge in [0, 0.05) is 32.3 Å². The molecule has 0 aliphatic carbocycles. The van der Waals surface area contributed by atoms with E-state index in [-0.39, 0.29) is 10.8 Å². The first-order valence-electron chi connectivity index (χ1n) is 9.96. The highest BCUT2D eigenvalue weighted by Gasteiger charge is 2.25. The van der Waals surface area contributed by atoms with E-state index in [9.17, 15) is 13.2 Å². The zero-order valence-corrected chi connectivity index (χ0v) is 17.6. The zero-order chi connectivity index (χ0) is 20.7. The van der Waals surface area contributed by atoms with Crippen molar-refractivity contribution in [2.24, 2.45) is 0 Å². The molecule has 0 saturated carbocycles. The van der Waals surface area contributed by atoms with Crippen LogP contribution in [0, 0.1) is 0 Å². The van der Waals surface area contributed by atoms with E-state index in [1.807, 2.05) is 24.3 Å². The molecule has 0 atom stereocenters. The van der Waals surface area contributed by atoms with Crippen molar-refractivity contribution in [2.45, 2.75) is 43.7 Å². The molecule has 1 N–H and O–H groups in total. The Morgan fingerprint density at radius 3 is 2.41 bits per heavy atom. The fraction of sp³-hybridized carbons (Fsp3) is 0.409. The minimum Gasteiger partial charge on any atom is -0.380 e. The van der Waals surface area contributed by atoms with Gasteiger partial charge in [-0.2, -0.15) is 4.31 Å². The first kappa shape index (κ1) is 21.5. The van der Waals surface area contributed by atoms with Crippen LogP contribution < -0.4 is 5.32 Å². The average molecular weight is 417 g/mol. The van der Waals surface area contributed by atoms with E-state index in [0.717, 1.165) is 36.8 Å². The molecule has 0 spiro atoms. The number of carbonyl (C=O) groups excluding carboxylic acids is 1. The number of carbonyl (C=O) groups is 1. The van der Waals surface area contributed by atoms with Gasteiger partial charge < -0.3 is 10.1 Å². The first-order chi connectivity index (χ1) is 14.0. The molecule has 3 rings (SSSR count). The van der Waals surface area contributed by atoms with Crippen molar-refractivity contribution in [2.75, 3.05) is 20.2 Å². The fourth-order valence-electron chi connectivity index (χ4n) is 3.51. The lowest BCUT2D eigenvalue weighted by atomic mass is 10.1. The maximum atomic E-state index is 13.0. The van der Waals surface area contributed by atoms with Crippen molar-refractivity contribution in [1.82, 2.24) is 9.62 Å². The van der Waals surface area contributed by atoms with Crippen LogP contribution in [-0.2, 0) is 27.9 Å². The Balaban J connectivity index is 1.70. The molecule has 1 heterocycles. The molecule has 29 heavy (non-hydrogen) atoms. The summed E-state index contributed by atoms with van der Waals surface area (Å²) in [7, 11) is -1.94. The normalized spacial score (nSPS) is 15.6. The van der Waals surface area contributed by atoms with Crippen LogP contribution in [0.2, 0.25) is 0 Å². The standard InChI is InChI=1S/C22H28N2O4S/c1-28-17-19-9-6-8-18(14-19)16-23-22(25)20-10-7-11-21(15-20)29(26,27)24-12-4-2-3-5-13-24/h6-11,14-15H,2-5,12-13,16-17H2,1H3,(H,23,25). The molecule has 0 radical (unpaired) electrons. The lowest BCUT2D eigenvalue weighted by molar-refractivity contribution is 0.0950. The molecule has 0 aromatic heterocycles. The predicted molar refractivity (Wildman–Crippen MR) is 112 cm³/mol. The Kier molecular flexibility index (Phi) is 7.41. The number of hydrogen-bond donors (Lipinski definition) is 1. The van der Waals surface area contributed by atoms with Gasteiger partial charge in [0.1, 0.15) is 0 Å². The first-order valence-corrected chi connectivity index (χ1v) is 11.4. The molecular formula is C22H28N2O4S. The van der Waals surface area contributed by atoms with Crippen LogP contribution in [0.5, 0.6) is 0 Å². The number of nitrogens with zero attached hydrogens (tertiary/aromatic N) is 1. The Bertz CT molecular complexity index is 935. The van der Waals surface area contributed by atoms with Gasteiger partial charge in [-0.1, -0.05) is 43.2 Å². The summed E-state index contributed by atoms with van der Waals surface area (Å²) in [5.74, 6) is -0.296. The molecule has 0 unspecified atom stereocenters. The lowest BCUT2D eigenvalue weighted by Crippen LogP contribution is -2.32. The monoisotopic (exact) mass is 416 g/mol.